The van der Waals surface area contributed by atoms with Crippen LogP contribution in [0.5, 0.6) is 0 Å². The first-order valence-electron chi connectivity index (χ1n) is 13.6. The van der Waals surface area contributed by atoms with Gasteiger partial charge in [-0.3, -0.25) is 9.59 Å². The van der Waals surface area contributed by atoms with E-state index in [1.807, 2.05) is 38.1 Å². The first kappa shape index (κ1) is 27.3. The Hall–Kier alpha value is -2.69. The number of carbonyl (C=O) groups excluding carboxylic acids is 2. The van der Waals surface area contributed by atoms with Gasteiger partial charge in [0.15, 0.2) is 5.78 Å². The van der Waals surface area contributed by atoms with Crippen molar-refractivity contribution in [2.24, 2.45) is 28.1 Å². The molecule has 1 heterocycles. The second kappa shape index (κ2) is 9.56. The number of Topliss-reactive ketones (excluding diaryl/α,β-unsaturated/α-hetero) is 1. The molecule has 3 aliphatic carbocycles. The largest absolute Gasteiger partial charge is 0.462 e. The highest BCUT2D eigenvalue weighted by Gasteiger charge is 2.65. The zero-order chi connectivity index (χ0) is 27.3. The Labute approximate surface area is 221 Å². The average molecular weight is 507 g/mol. The van der Waals surface area contributed by atoms with Gasteiger partial charge in [0.05, 0.1) is 0 Å². The smallest absolute Gasteiger partial charge is 0.339 e. The van der Waals surface area contributed by atoms with E-state index in [-0.39, 0.29) is 45.6 Å². The molecular weight excluding hydrogens is 464 g/mol. The first-order valence-corrected chi connectivity index (χ1v) is 13.6. The monoisotopic (exact) mass is 506 g/mol. The summed E-state index contributed by atoms with van der Waals surface area (Å²) in [5.41, 5.74) is 2.84. The number of esters is 1. The van der Waals surface area contributed by atoms with Crippen LogP contribution in [-0.4, -0.2) is 17.9 Å². The molecule has 0 bridgehead atoms. The number of ether oxygens (including phenoxy) is 1. The summed E-state index contributed by atoms with van der Waals surface area (Å²) in [6.45, 7) is 16.4. The quantitative estimate of drug-likeness (QED) is 0.250. The molecule has 0 aliphatic heterocycles. The zero-order valence-corrected chi connectivity index (χ0v) is 23.7. The fraction of sp³-hybridized carbons (Fsp3) is 0.594. The zero-order valence-electron chi connectivity index (χ0n) is 23.7. The molecule has 0 N–H and O–H groups in total. The Morgan fingerprint density at radius 1 is 1.03 bits per heavy atom. The predicted molar refractivity (Wildman–Crippen MR) is 146 cm³/mol. The lowest BCUT2D eigenvalue weighted by molar-refractivity contribution is -0.185. The molecule has 0 unspecified atom stereocenters. The fourth-order valence-electron chi connectivity index (χ4n) is 8.17. The van der Waals surface area contributed by atoms with Gasteiger partial charge in [-0.2, -0.15) is 0 Å². The van der Waals surface area contributed by atoms with Gasteiger partial charge in [-0.15, -0.1) is 0 Å². The molecule has 3 fully saturated rings. The lowest BCUT2D eigenvalue weighted by atomic mass is 9.43. The third-order valence-electron chi connectivity index (χ3n) is 10.0. The summed E-state index contributed by atoms with van der Waals surface area (Å²) in [7, 11) is 0. The Bertz CT molecular complexity index is 1260. The number of aryl methyl sites for hydroxylation is 1. The number of hydrogen-bond donors (Lipinski definition) is 0. The van der Waals surface area contributed by atoms with Crippen molar-refractivity contribution in [2.45, 2.75) is 93.6 Å². The summed E-state index contributed by atoms with van der Waals surface area (Å²) in [5, 5.41) is 0. The van der Waals surface area contributed by atoms with Crippen molar-refractivity contribution in [3.63, 3.8) is 0 Å². The molecule has 1 aromatic heterocycles. The predicted octanol–water partition coefficient (Wildman–Crippen LogP) is 6.99. The van der Waals surface area contributed by atoms with Crippen LogP contribution >= 0.6 is 0 Å². The molecule has 5 atom stereocenters. The molecule has 37 heavy (non-hydrogen) atoms. The number of carbonyl (C=O) groups is 2. The normalized spacial score (nSPS) is 34.8. The summed E-state index contributed by atoms with van der Waals surface area (Å²) >= 11 is 0. The molecule has 0 spiro atoms. The molecular formula is C32H42O5. The van der Waals surface area contributed by atoms with Crippen LogP contribution in [0.2, 0.25) is 0 Å². The number of fused-ring (bicyclic) bond motifs is 3. The maximum absolute atomic E-state index is 13.5. The van der Waals surface area contributed by atoms with Gasteiger partial charge in [-0.25, -0.2) is 4.79 Å². The van der Waals surface area contributed by atoms with Crippen LogP contribution in [0.1, 0.15) is 91.9 Å². The van der Waals surface area contributed by atoms with Gasteiger partial charge < -0.3 is 9.15 Å². The van der Waals surface area contributed by atoms with Crippen molar-refractivity contribution >= 4 is 17.3 Å². The van der Waals surface area contributed by atoms with Crippen molar-refractivity contribution in [1.82, 2.24) is 0 Å². The van der Waals surface area contributed by atoms with Gasteiger partial charge in [0.25, 0.3) is 0 Å². The molecule has 0 radical (unpaired) electrons. The van der Waals surface area contributed by atoms with E-state index in [9.17, 15) is 14.4 Å². The van der Waals surface area contributed by atoms with Crippen LogP contribution in [-0.2, 0) is 14.3 Å². The minimum absolute atomic E-state index is 0.0219. The number of hydrogen-bond acceptors (Lipinski definition) is 5. The number of rotatable bonds is 4. The Morgan fingerprint density at radius 2 is 1.73 bits per heavy atom. The van der Waals surface area contributed by atoms with Crippen molar-refractivity contribution in [3.8, 4) is 0 Å². The van der Waals surface area contributed by atoms with Crippen LogP contribution in [0.15, 0.2) is 50.7 Å². The second-order valence-electron chi connectivity index (χ2n) is 12.7. The van der Waals surface area contributed by atoms with Gasteiger partial charge in [0.1, 0.15) is 11.9 Å². The van der Waals surface area contributed by atoms with Crippen LogP contribution in [0.4, 0.5) is 0 Å². The van der Waals surface area contributed by atoms with E-state index in [1.54, 1.807) is 13.0 Å². The van der Waals surface area contributed by atoms with Crippen LogP contribution < -0.4 is 5.63 Å². The van der Waals surface area contributed by atoms with Crippen molar-refractivity contribution in [1.29, 1.82) is 0 Å². The molecule has 200 valence electrons. The Morgan fingerprint density at radius 3 is 2.38 bits per heavy atom. The lowest BCUT2D eigenvalue weighted by Gasteiger charge is -2.62. The lowest BCUT2D eigenvalue weighted by Crippen LogP contribution is -2.58. The summed E-state index contributed by atoms with van der Waals surface area (Å²) in [6.07, 6.45) is 10.2. The minimum Gasteiger partial charge on any atom is -0.462 e. The molecule has 3 aliphatic rings. The van der Waals surface area contributed by atoms with E-state index in [1.165, 1.54) is 6.92 Å². The maximum atomic E-state index is 13.5. The summed E-state index contributed by atoms with van der Waals surface area (Å²) in [5.74, 6) is 1.28. The molecule has 4 rings (SSSR count). The van der Waals surface area contributed by atoms with E-state index < -0.39 is 0 Å². The number of ketones is 1. The van der Waals surface area contributed by atoms with Crippen LogP contribution in [0.3, 0.4) is 0 Å². The Kier molecular flexibility index (Phi) is 7.07. The van der Waals surface area contributed by atoms with E-state index in [2.05, 4.69) is 27.7 Å². The van der Waals surface area contributed by atoms with Gasteiger partial charge >= 0.3 is 11.6 Å². The first-order chi connectivity index (χ1) is 17.2. The Balaban J connectivity index is 1.62. The van der Waals surface area contributed by atoms with E-state index in [4.69, 9.17) is 9.15 Å². The third-order valence-corrected chi connectivity index (χ3v) is 10.0. The molecule has 1 aromatic rings. The minimum atomic E-state index is -0.322. The maximum Gasteiger partial charge on any atom is 0.339 e. The molecule has 0 saturated heterocycles. The van der Waals surface area contributed by atoms with Crippen LogP contribution in [0, 0.1) is 35.0 Å². The standard InChI is InChI=1S/C32H42O5/c1-19(24-13-12-21(3)29(35)37-24)10-9-11-20(2)28-23(34)18-26-31(7)17-15-27(36-22(4)33)30(5,6)25(31)14-16-32(26,28)8/h9-13,25-27H,14-18H2,1-8H3/b11-9+,19-10+,28-20-/t25-,26-,27-,31-,32-/m0/s1. The SMILES string of the molecule is CC(=O)O[C@H]1CC[C@@]2(C)[C@@H](CC[C@]3(C)\C(=C(C)/C=C/C=C(\C)c4ccc(C)c(=O)o4)C(=O)C[C@@H]23)C1(C)C. The van der Waals surface area contributed by atoms with Crippen molar-refractivity contribution in [2.75, 3.05) is 0 Å². The van der Waals surface area contributed by atoms with Gasteiger partial charge in [-0.1, -0.05) is 45.9 Å². The number of allylic oxidation sites excluding steroid dienone is 6. The fourth-order valence-corrected chi connectivity index (χ4v) is 8.17. The van der Waals surface area contributed by atoms with Crippen molar-refractivity contribution in [3.05, 3.63) is 63.3 Å². The molecule has 0 amide bonds. The van der Waals surface area contributed by atoms with E-state index >= 15 is 0 Å². The average Bonchev–Trinajstić information content (AvgIpc) is 3.08. The highest BCUT2D eigenvalue weighted by molar-refractivity contribution is 6.00. The topological polar surface area (TPSA) is 73.6 Å². The summed E-state index contributed by atoms with van der Waals surface area (Å²) < 4.78 is 11.2. The molecule has 5 nitrogen and oxygen atoms in total. The van der Waals surface area contributed by atoms with Gasteiger partial charge in [-0.05, 0) is 87.0 Å². The van der Waals surface area contributed by atoms with Gasteiger partial charge in [0.2, 0.25) is 0 Å². The summed E-state index contributed by atoms with van der Waals surface area (Å²) in [6, 6.07) is 3.58. The molecule has 0 aromatic carbocycles. The highest BCUT2D eigenvalue weighted by Crippen LogP contribution is 2.69. The third kappa shape index (κ3) is 4.59. The molecule has 5 heteroatoms. The second-order valence-corrected chi connectivity index (χ2v) is 12.7. The highest BCUT2D eigenvalue weighted by atomic mass is 16.5. The van der Waals surface area contributed by atoms with Crippen LogP contribution in [0.25, 0.3) is 5.57 Å². The van der Waals surface area contributed by atoms with Gasteiger partial charge in [0, 0.05) is 35.3 Å². The van der Waals surface area contributed by atoms with E-state index in [0.29, 0.717) is 23.7 Å². The van der Waals surface area contributed by atoms with Crippen molar-refractivity contribution < 1.29 is 18.7 Å². The molecule has 3 saturated carbocycles. The summed E-state index contributed by atoms with van der Waals surface area (Å²) in [4.78, 5) is 37.2. The van der Waals surface area contributed by atoms with E-state index in [0.717, 1.165) is 42.4 Å².